The van der Waals surface area contributed by atoms with E-state index in [2.05, 4.69) is 35.9 Å². The van der Waals surface area contributed by atoms with Crippen molar-refractivity contribution < 1.29 is 0 Å². The molecule has 3 rings (SSSR count). The number of hydrogen-bond donors (Lipinski definition) is 1. The lowest BCUT2D eigenvalue weighted by molar-refractivity contribution is 1.22. The molecule has 0 fully saturated rings. The fourth-order valence-corrected chi connectivity index (χ4v) is 2.30. The third-order valence-corrected chi connectivity index (χ3v) is 3.68. The fraction of sp³-hybridized carbons (Fsp3) is 0. The Hall–Kier alpha value is -1.17. The molecule has 0 aliphatic rings. The summed E-state index contributed by atoms with van der Waals surface area (Å²) in [5.74, 6) is 0.614. The second-order valence-corrected chi connectivity index (χ2v) is 5.17. The second kappa shape index (κ2) is 4.50. The van der Waals surface area contributed by atoms with Crippen molar-refractivity contribution in [3.05, 3.63) is 39.0 Å². The highest BCUT2D eigenvalue weighted by atomic mass is 79.9. The summed E-state index contributed by atoms with van der Waals surface area (Å²) in [5.41, 5.74) is 1.94. The molecule has 0 radical (unpaired) electrons. The highest BCUT2D eigenvalue weighted by Gasteiger charge is 2.12. The molecule has 4 nitrogen and oxygen atoms in total. The first-order chi connectivity index (χ1) is 8.65. The van der Waals surface area contributed by atoms with E-state index in [0.29, 0.717) is 22.2 Å². The number of nitrogens with zero attached hydrogens (tertiary/aromatic N) is 3. The van der Waals surface area contributed by atoms with Crippen molar-refractivity contribution in [1.82, 2.24) is 19.9 Å². The van der Waals surface area contributed by atoms with Gasteiger partial charge in [-0.3, -0.25) is 4.98 Å². The first-order valence-corrected chi connectivity index (χ1v) is 6.52. The summed E-state index contributed by atoms with van der Waals surface area (Å²) in [4.78, 5) is 15.8. The quantitative estimate of drug-likeness (QED) is 0.677. The zero-order valence-corrected chi connectivity index (χ0v) is 11.9. The van der Waals surface area contributed by atoms with Crippen LogP contribution in [0.15, 0.2) is 28.9 Å². The lowest BCUT2D eigenvalue weighted by Crippen LogP contribution is -1.86. The topological polar surface area (TPSA) is 54.5 Å². The van der Waals surface area contributed by atoms with E-state index in [1.54, 1.807) is 12.3 Å². The monoisotopic (exact) mass is 342 g/mol. The van der Waals surface area contributed by atoms with E-state index in [1.807, 2.05) is 12.1 Å². The molecular weight excluding hydrogens is 339 g/mol. The zero-order valence-electron chi connectivity index (χ0n) is 8.78. The van der Waals surface area contributed by atoms with Gasteiger partial charge in [0, 0.05) is 10.7 Å². The standard InChI is InChI=1S/C11H5BrCl2N4/c12-5-2-1-3-15-8(5)11-16-7-4-6(13)9(14)17-10(7)18-11/h1-4H,(H,16,17,18). The molecular formula is C11H5BrCl2N4. The summed E-state index contributed by atoms with van der Waals surface area (Å²) >= 11 is 15.2. The number of pyridine rings is 2. The van der Waals surface area contributed by atoms with E-state index in [-0.39, 0.29) is 5.15 Å². The molecule has 1 N–H and O–H groups in total. The molecule has 0 unspecified atom stereocenters. The van der Waals surface area contributed by atoms with E-state index in [1.165, 1.54) is 0 Å². The van der Waals surface area contributed by atoms with Gasteiger partial charge in [0.15, 0.2) is 11.5 Å². The van der Waals surface area contributed by atoms with Crippen LogP contribution in [0.3, 0.4) is 0 Å². The average Bonchev–Trinajstić information content (AvgIpc) is 2.73. The van der Waals surface area contributed by atoms with Crippen molar-refractivity contribution in [2.45, 2.75) is 0 Å². The number of aromatic amines is 1. The van der Waals surface area contributed by atoms with Crippen molar-refractivity contribution in [3.8, 4) is 11.5 Å². The van der Waals surface area contributed by atoms with Gasteiger partial charge < -0.3 is 4.98 Å². The van der Waals surface area contributed by atoms with E-state index in [0.717, 1.165) is 9.99 Å². The molecule has 0 aliphatic heterocycles. The molecule has 0 bridgehead atoms. The number of halogens is 3. The molecule has 0 spiro atoms. The zero-order chi connectivity index (χ0) is 12.7. The minimum Gasteiger partial charge on any atom is -0.335 e. The normalized spacial score (nSPS) is 11.1. The minimum atomic E-state index is 0.238. The molecule has 18 heavy (non-hydrogen) atoms. The van der Waals surface area contributed by atoms with Crippen LogP contribution in [-0.4, -0.2) is 19.9 Å². The van der Waals surface area contributed by atoms with Crippen LogP contribution in [0.2, 0.25) is 10.2 Å². The van der Waals surface area contributed by atoms with E-state index in [9.17, 15) is 0 Å². The Morgan fingerprint density at radius 2 is 2.06 bits per heavy atom. The van der Waals surface area contributed by atoms with E-state index in [4.69, 9.17) is 23.2 Å². The van der Waals surface area contributed by atoms with Crippen molar-refractivity contribution in [2.24, 2.45) is 0 Å². The predicted octanol–water partition coefficient (Wildman–Crippen LogP) is 4.09. The Kier molecular flexibility index (Phi) is 2.97. The number of aromatic nitrogens is 4. The van der Waals surface area contributed by atoms with Crippen LogP contribution in [-0.2, 0) is 0 Å². The number of nitrogens with one attached hydrogen (secondary N) is 1. The molecule has 0 aromatic carbocycles. The van der Waals surface area contributed by atoms with Crippen molar-refractivity contribution >= 4 is 50.3 Å². The average molecular weight is 344 g/mol. The summed E-state index contributed by atoms with van der Waals surface area (Å²) in [5, 5.41) is 0.627. The molecule has 0 saturated heterocycles. The molecule has 90 valence electrons. The number of imidazole rings is 1. The van der Waals surface area contributed by atoms with Crippen LogP contribution >= 0.6 is 39.1 Å². The molecule has 3 heterocycles. The first-order valence-electron chi connectivity index (χ1n) is 4.98. The van der Waals surface area contributed by atoms with Gasteiger partial charge in [-0.25, -0.2) is 9.97 Å². The summed E-state index contributed by atoms with van der Waals surface area (Å²) in [6.45, 7) is 0. The Morgan fingerprint density at radius 1 is 1.22 bits per heavy atom. The van der Waals surface area contributed by atoms with Crippen LogP contribution in [0.5, 0.6) is 0 Å². The molecule has 3 aromatic rings. The maximum absolute atomic E-state index is 5.91. The summed E-state index contributed by atoms with van der Waals surface area (Å²) in [6, 6.07) is 5.42. The van der Waals surface area contributed by atoms with Crippen LogP contribution in [0.1, 0.15) is 0 Å². The van der Waals surface area contributed by atoms with Crippen molar-refractivity contribution in [1.29, 1.82) is 0 Å². The molecule has 3 aromatic heterocycles. The largest absolute Gasteiger partial charge is 0.335 e. The maximum atomic E-state index is 5.91. The van der Waals surface area contributed by atoms with Gasteiger partial charge in [-0.05, 0) is 34.1 Å². The second-order valence-electron chi connectivity index (χ2n) is 3.55. The van der Waals surface area contributed by atoms with Crippen LogP contribution in [0.25, 0.3) is 22.7 Å². The highest BCUT2D eigenvalue weighted by Crippen LogP contribution is 2.28. The van der Waals surface area contributed by atoms with Crippen LogP contribution in [0, 0.1) is 0 Å². The van der Waals surface area contributed by atoms with Gasteiger partial charge in [0.1, 0.15) is 10.8 Å². The molecule has 0 aliphatic carbocycles. The van der Waals surface area contributed by atoms with Gasteiger partial charge >= 0.3 is 0 Å². The van der Waals surface area contributed by atoms with Gasteiger partial charge in [-0.2, -0.15) is 0 Å². The number of H-pyrrole nitrogens is 1. The Morgan fingerprint density at radius 3 is 2.83 bits per heavy atom. The minimum absolute atomic E-state index is 0.238. The first kappa shape index (κ1) is 11.9. The summed E-state index contributed by atoms with van der Waals surface area (Å²) in [6.07, 6.45) is 1.70. The van der Waals surface area contributed by atoms with Crippen LogP contribution in [0.4, 0.5) is 0 Å². The van der Waals surface area contributed by atoms with Gasteiger partial charge in [0.05, 0.1) is 10.5 Å². The number of rotatable bonds is 1. The Labute approximate surface area is 121 Å². The maximum Gasteiger partial charge on any atom is 0.179 e. The lowest BCUT2D eigenvalue weighted by Gasteiger charge is -1.97. The van der Waals surface area contributed by atoms with Gasteiger partial charge in [0.2, 0.25) is 0 Å². The SMILES string of the molecule is Clc1cc2[nH]c(-c3ncccc3Br)nc2nc1Cl. The van der Waals surface area contributed by atoms with E-state index < -0.39 is 0 Å². The van der Waals surface area contributed by atoms with Gasteiger partial charge in [-0.15, -0.1) is 0 Å². The van der Waals surface area contributed by atoms with Crippen molar-refractivity contribution in [3.63, 3.8) is 0 Å². The van der Waals surface area contributed by atoms with Crippen LogP contribution < -0.4 is 0 Å². The van der Waals surface area contributed by atoms with Gasteiger partial charge in [-0.1, -0.05) is 23.2 Å². The Balaban J connectivity index is 2.23. The molecule has 0 amide bonds. The van der Waals surface area contributed by atoms with Crippen molar-refractivity contribution in [2.75, 3.05) is 0 Å². The summed E-state index contributed by atoms with van der Waals surface area (Å²) in [7, 11) is 0. The number of fused-ring (bicyclic) bond motifs is 1. The molecule has 0 atom stereocenters. The predicted molar refractivity (Wildman–Crippen MR) is 74.8 cm³/mol. The molecule has 7 heteroatoms. The Bertz CT molecular complexity index is 702. The molecule has 0 saturated carbocycles. The smallest absolute Gasteiger partial charge is 0.179 e. The lowest BCUT2D eigenvalue weighted by atomic mass is 10.3. The van der Waals surface area contributed by atoms with E-state index >= 15 is 0 Å². The highest BCUT2D eigenvalue weighted by molar-refractivity contribution is 9.10. The van der Waals surface area contributed by atoms with Gasteiger partial charge in [0.25, 0.3) is 0 Å². The fourth-order valence-electron chi connectivity index (χ4n) is 1.57. The summed E-state index contributed by atoms with van der Waals surface area (Å²) < 4.78 is 0.848. The third kappa shape index (κ3) is 1.98. The third-order valence-electron chi connectivity index (χ3n) is 2.37. The number of hydrogen-bond acceptors (Lipinski definition) is 3.